The van der Waals surface area contributed by atoms with Crippen LogP contribution in [0.4, 0.5) is 4.39 Å². The van der Waals surface area contributed by atoms with Crippen molar-refractivity contribution in [3.63, 3.8) is 0 Å². The highest BCUT2D eigenvalue weighted by atomic mass is 79.9. The Morgan fingerprint density at radius 1 is 1.83 bits per heavy atom. The molecule has 37 valence electrons. The van der Waals surface area contributed by atoms with Crippen LogP contribution in [0.1, 0.15) is 0 Å². The van der Waals surface area contributed by atoms with Crippen LogP contribution >= 0.6 is 27.5 Å². The van der Waals surface area contributed by atoms with Gasteiger partial charge in [-0.15, -0.1) is 11.6 Å². The molecule has 0 aromatic carbocycles. The molecule has 3 heteroatoms. The van der Waals surface area contributed by atoms with Gasteiger partial charge in [-0.05, 0) is 6.92 Å². The van der Waals surface area contributed by atoms with Gasteiger partial charge in [-0.2, -0.15) is 0 Å². The summed E-state index contributed by atoms with van der Waals surface area (Å²) in [5, 5.41) is -1.86. The number of alkyl halides is 3. The first kappa shape index (κ1) is 6.70. The minimum atomic E-state index is -1.18. The summed E-state index contributed by atoms with van der Waals surface area (Å²) in [6.45, 7) is 3.18. The summed E-state index contributed by atoms with van der Waals surface area (Å²) < 4.78 is 11.5. The van der Waals surface area contributed by atoms with E-state index in [1.54, 1.807) is 0 Å². The average Bonchev–Trinajstić information content (AvgIpc) is 1.36. The summed E-state index contributed by atoms with van der Waals surface area (Å²) in [6, 6.07) is 0. The van der Waals surface area contributed by atoms with Crippen molar-refractivity contribution in [1.29, 1.82) is 0 Å². The Labute approximate surface area is 49.8 Å². The molecule has 0 heterocycles. The van der Waals surface area contributed by atoms with Gasteiger partial charge in [0.15, 0.2) is 5.08 Å². The Morgan fingerprint density at radius 3 is 2.00 bits per heavy atom. The first-order valence-electron chi connectivity index (χ1n) is 1.40. The summed E-state index contributed by atoms with van der Waals surface area (Å²) in [6.07, 6.45) is 0. The zero-order valence-corrected chi connectivity index (χ0v) is 5.34. The highest BCUT2D eigenvalue weighted by Crippen LogP contribution is 2.10. The molecule has 0 aliphatic carbocycles. The Bertz CT molecular complexity index is 31.8. The molecule has 0 bridgehead atoms. The molecule has 0 saturated heterocycles. The summed E-state index contributed by atoms with van der Waals surface area (Å²) >= 11 is 7.66. The van der Waals surface area contributed by atoms with Crippen LogP contribution in [0.2, 0.25) is 0 Å². The van der Waals surface area contributed by atoms with Gasteiger partial charge in [0.25, 0.3) is 0 Å². The largest absolute Gasteiger partial charge is 0.233 e. The van der Waals surface area contributed by atoms with E-state index in [9.17, 15) is 4.39 Å². The van der Waals surface area contributed by atoms with Crippen molar-refractivity contribution < 1.29 is 4.39 Å². The number of halogens is 3. The topological polar surface area (TPSA) is 0 Å². The van der Waals surface area contributed by atoms with Crippen molar-refractivity contribution in [1.82, 2.24) is 0 Å². The Morgan fingerprint density at radius 2 is 2.00 bits per heavy atom. The van der Waals surface area contributed by atoms with Crippen molar-refractivity contribution in [2.75, 3.05) is 0 Å². The van der Waals surface area contributed by atoms with Gasteiger partial charge in [0.2, 0.25) is 0 Å². The number of hydrogen-bond acceptors (Lipinski definition) is 0. The van der Waals surface area contributed by atoms with Gasteiger partial charge in [0.1, 0.15) is 0 Å². The maximum atomic E-state index is 11.5. The molecule has 1 radical (unpaired) electrons. The zero-order chi connectivity index (χ0) is 5.15. The van der Waals surface area contributed by atoms with Crippen LogP contribution in [0.5, 0.6) is 0 Å². The highest BCUT2D eigenvalue weighted by Gasteiger charge is 2.05. The molecule has 0 aromatic heterocycles. The Hall–Kier alpha value is 0.700. The fraction of sp³-hybridized carbons (Fsp3) is 0.667. The van der Waals surface area contributed by atoms with Crippen LogP contribution in [-0.4, -0.2) is 10.5 Å². The van der Waals surface area contributed by atoms with E-state index in [4.69, 9.17) is 11.6 Å². The van der Waals surface area contributed by atoms with Crippen LogP contribution in [0, 0.1) is 6.92 Å². The van der Waals surface area contributed by atoms with Crippen LogP contribution in [0.3, 0.4) is 0 Å². The fourth-order valence-corrected chi connectivity index (χ4v) is 0. The number of rotatable bonds is 1. The average molecular weight is 174 g/mol. The van der Waals surface area contributed by atoms with E-state index >= 15 is 0 Å². The lowest BCUT2D eigenvalue weighted by Gasteiger charge is -1.96. The molecule has 0 nitrogen and oxygen atoms in total. The molecule has 2 unspecified atom stereocenters. The second-order valence-corrected chi connectivity index (χ2v) is 2.29. The Balaban J connectivity index is 2.99. The summed E-state index contributed by atoms with van der Waals surface area (Å²) in [5.74, 6) is 0. The minimum absolute atomic E-state index is 0.676. The van der Waals surface area contributed by atoms with Crippen LogP contribution < -0.4 is 0 Å². The second-order valence-electron chi connectivity index (χ2n) is 0.850. The van der Waals surface area contributed by atoms with E-state index in [0.29, 0.717) is 0 Å². The zero-order valence-electron chi connectivity index (χ0n) is 3.00. The van der Waals surface area contributed by atoms with Gasteiger partial charge in [0, 0.05) is 0 Å². The quantitative estimate of drug-likeness (QED) is 0.534. The monoisotopic (exact) mass is 173 g/mol. The first-order valence-corrected chi connectivity index (χ1v) is 2.75. The summed E-state index contributed by atoms with van der Waals surface area (Å²) in [4.78, 5) is 0. The third kappa shape index (κ3) is 2.91. The Kier molecular flexibility index (Phi) is 3.13. The van der Waals surface area contributed by atoms with Crippen LogP contribution in [-0.2, 0) is 0 Å². The molecule has 0 aromatic rings. The van der Waals surface area contributed by atoms with Gasteiger partial charge in [-0.1, -0.05) is 15.9 Å². The van der Waals surface area contributed by atoms with Crippen molar-refractivity contribution >= 4 is 27.5 Å². The molecule has 0 fully saturated rings. The standard InChI is InChI=1S/C3H4BrClF/c1-2(5)3(4)6/h2-3H,1H2. The van der Waals surface area contributed by atoms with E-state index in [2.05, 4.69) is 22.9 Å². The fourth-order valence-electron chi connectivity index (χ4n) is 0. The molecule has 0 saturated carbocycles. The van der Waals surface area contributed by atoms with Gasteiger partial charge >= 0.3 is 0 Å². The molecule has 0 aliphatic heterocycles. The van der Waals surface area contributed by atoms with Crippen molar-refractivity contribution in [3.8, 4) is 0 Å². The van der Waals surface area contributed by atoms with Crippen LogP contribution in [0.25, 0.3) is 0 Å². The molecule has 2 atom stereocenters. The van der Waals surface area contributed by atoms with E-state index in [-0.39, 0.29) is 0 Å². The minimum Gasteiger partial charge on any atom is -0.233 e. The lowest BCUT2D eigenvalue weighted by atomic mass is 10.5. The predicted octanol–water partition coefficient (Wildman–Crippen LogP) is 2.12. The van der Waals surface area contributed by atoms with Gasteiger partial charge < -0.3 is 0 Å². The molecular formula is C3H4BrClF. The molecule has 0 aliphatic rings. The third-order valence-electron chi connectivity index (χ3n) is 0.273. The van der Waals surface area contributed by atoms with E-state index in [1.165, 1.54) is 0 Å². The van der Waals surface area contributed by atoms with E-state index < -0.39 is 10.5 Å². The van der Waals surface area contributed by atoms with Gasteiger partial charge in [-0.25, -0.2) is 4.39 Å². The normalized spacial score (nSPS) is 20.0. The van der Waals surface area contributed by atoms with Crippen LogP contribution in [0.15, 0.2) is 0 Å². The second kappa shape index (κ2) is 2.80. The lowest BCUT2D eigenvalue weighted by Crippen LogP contribution is -2.01. The lowest BCUT2D eigenvalue weighted by molar-refractivity contribution is 0.468. The van der Waals surface area contributed by atoms with Crippen molar-refractivity contribution in [3.05, 3.63) is 6.92 Å². The van der Waals surface area contributed by atoms with Crippen molar-refractivity contribution in [2.45, 2.75) is 10.5 Å². The maximum Gasteiger partial charge on any atom is 0.171 e. The molecule has 0 N–H and O–H groups in total. The highest BCUT2D eigenvalue weighted by molar-refractivity contribution is 9.09. The predicted molar refractivity (Wildman–Crippen MR) is 28.8 cm³/mol. The molecule has 0 spiro atoms. The van der Waals surface area contributed by atoms with Crippen molar-refractivity contribution in [2.24, 2.45) is 0 Å². The molecule has 0 rings (SSSR count). The third-order valence-corrected chi connectivity index (χ3v) is 1.44. The maximum absolute atomic E-state index is 11.5. The van der Waals surface area contributed by atoms with E-state index in [1.807, 2.05) is 0 Å². The molecule has 6 heavy (non-hydrogen) atoms. The van der Waals surface area contributed by atoms with Gasteiger partial charge in [0.05, 0.1) is 5.38 Å². The van der Waals surface area contributed by atoms with Gasteiger partial charge in [-0.3, -0.25) is 0 Å². The number of hydrogen-bond donors (Lipinski definition) is 0. The van der Waals surface area contributed by atoms with E-state index in [0.717, 1.165) is 0 Å². The molecular weight excluding hydrogens is 170 g/mol. The SMILES string of the molecule is [CH2]C(Cl)C(F)Br. The summed E-state index contributed by atoms with van der Waals surface area (Å²) in [5.41, 5.74) is 0. The first-order chi connectivity index (χ1) is 2.64. The molecule has 0 amide bonds. The summed E-state index contributed by atoms with van der Waals surface area (Å²) in [7, 11) is 0. The smallest absolute Gasteiger partial charge is 0.171 e.